The van der Waals surface area contributed by atoms with Crippen molar-refractivity contribution in [2.45, 2.75) is 33.7 Å². The molecule has 0 saturated heterocycles. The van der Waals surface area contributed by atoms with Crippen molar-refractivity contribution in [3.8, 4) is 34.0 Å². The highest BCUT2D eigenvalue weighted by atomic mass is 16.5. The number of benzene rings is 4. The van der Waals surface area contributed by atoms with Gasteiger partial charge in [0, 0.05) is 33.9 Å². The second-order valence-corrected chi connectivity index (χ2v) is 12.5. The smallest absolute Gasteiger partial charge is 0.313 e. The molecule has 4 aromatic heterocycles. The van der Waals surface area contributed by atoms with Crippen molar-refractivity contribution < 1.29 is 14.3 Å². The van der Waals surface area contributed by atoms with E-state index in [4.69, 9.17) is 10.5 Å². The number of anilines is 1. The largest absolute Gasteiger partial charge is 0.466 e. The lowest BCUT2D eigenvalue weighted by atomic mass is 10.1. The quantitative estimate of drug-likeness (QED) is 0.0823. The van der Waals surface area contributed by atoms with Gasteiger partial charge in [-0.05, 0) is 62.2 Å². The topological polar surface area (TPSA) is 240 Å². The molecular weight excluding hydrogens is 715 g/mol. The van der Waals surface area contributed by atoms with E-state index >= 15 is 0 Å². The molecule has 5 heterocycles. The van der Waals surface area contributed by atoms with Gasteiger partial charge in [-0.25, -0.2) is 4.98 Å². The number of H-pyrrole nitrogens is 3. The number of azo groups is 1. The summed E-state index contributed by atoms with van der Waals surface area (Å²) in [6.45, 7) is 6.56. The summed E-state index contributed by atoms with van der Waals surface area (Å²) in [5.41, 5.74) is 14.5. The number of ketones is 1. The van der Waals surface area contributed by atoms with Gasteiger partial charge in [-0.1, -0.05) is 54.6 Å². The van der Waals surface area contributed by atoms with Gasteiger partial charge < -0.3 is 10.5 Å². The van der Waals surface area contributed by atoms with Gasteiger partial charge >= 0.3 is 5.97 Å². The van der Waals surface area contributed by atoms with Crippen LogP contribution in [0.25, 0.3) is 50.8 Å². The van der Waals surface area contributed by atoms with E-state index in [2.05, 4.69) is 55.9 Å². The average Bonchev–Trinajstić information content (AvgIpc) is 4.02. The zero-order valence-electron chi connectivity index (χ0n) is 30.5. The lowest BCUT2D eigenvalue weighted by molar-refractivity contribution is -0.141. The number of hydrogen-bond acceptors (Lipinski definition) is 13. The minimum atomic E-state index is -0.516. The Kier molecular flexibility index (Phi) is 10.6. The third-order valence-electron chi connectivity index (χ3n) is 8.68. The minimum absolute atomic E-state index is 0.202. The van der Waals surface area contributed by atoms with Crippen LogP contribution >= 0.6 is 0 Å². The molecule has 0 fully saturated rings. The molecule has 17 nitrogen and oxygen atoms in total. The number of carbonyl (C=O) groups excluding carboxylic acids is 2. The number of fused-ring (bicyclic) bond motifs is 3. The average molecular weight is 750 g/mol. The fourth-order valence-electron chi connectivity index (χ4n) is 5.84. The van der Waals surface area contributed by atoms with Crippen LogP contribution in [0.4, 0.5) is 11.6 Å². The second-order valence-electron chi connectivity index (χ2n) is 12.5. The molecule has 17 heteroatoms. The fourth-order valence-corrected chi connectivity index (χ4v) is 5.84. The van der Waals surface area contributed by atoms with Gasteiger partial charge in [0.1, 0.15) is 17.5 Å². The fraction of sp³-hybridized carbons (Fsp3) is 0.154. The predicted octanol–water partition coefficient (Wildman–Crippen LogP) is 6.11. The number of esters is 1. The van der Waals surface area contributed by atoms with Crippen molar-refractivity contribution >= 4 is 40.2 Å². The van der Waals surface area contributed by atoms with Crippen LogP contribution in [0.5, 0.6) is 0 Å². The van der Waals surface area contributed by atoms with Crippen molar-refractivity contribution in [1.82, 2.24) is 50.2 Å². The van der Waals surface area contributed by atoms with E-state index in [0.717, 1.165) is 44.9 Å². The maximum atomic E-state index is 12.6. The van der Waals surface area contributed by atoms with Gasteiger partial charge in [0.2, 0.25) is 5.95 Å². The summed E-state index contributed by atoms with van der Waals surface area (Å²) in [4.78, 5) is 48.6. The summed E-state index contributed by atoms with van der Waals surface area (Å²) in [6, 6.07) is 28.0. The highest BCUT2D eigenvalue weighted by Crippen LogP contribution is 2.31. The SMILES string of the molecule is CCOC(=O)CC(=O)c1ccc2n[nH]nc2c1.Cc1ccccc1-c1nc(N)n[nH]1.Cc1ccccc1-c1nc2nc(-c3ccc4c(c3)CN=N4)cc(=O)n2[nH]1. The third kappa shape index (κ3) is 8.10. The van der Waals surface area contributed by atoms with Crippen LogP contribution < -0.4 is 11.3 Å². The molecule has 0 bridgehead atoms. The van der Waals surface area contributed by atoms with Crippen LogP contribution in [0.3, 0.4) is 0 Å². The van der Waals surface area contributed by atoms with Crippen molar-refractivity contribution in [2.24, 2.45) is 10.2 Å². The molecule has 280 valence electrons. The number of aromatic amines is 3. The number of Topliss-reactive ketones (excluding diaryl/α,β-unsaturated/α-hetero) is 1. The summed E-state index contributed by atoms with van der Waals surface area (Å²) in [7, 11) is 0. The molecule has 0 saturated carbocycles. The number of rotatable bonds is 7. The Morgan fingerprint density at radius 3 is 2.27 bits per heavy atom. The molecule has 0 radical (unpaired) electrons. The minimum Gasteiger partial charge on any atom is -0.466 e. The van der Waals surface area contributed by atoms with Crippen molar-refractivity contribution in [3.63, 3.8) is 0 Å². The first-order valence-electron chi connectivity index (χ1n) is 17.5. The summed E-state index contributed by atoms with van der Waals surface area (Å²) < 4.78 is 6.08. The van der Waals surface area contributed by atoms with Crippen LogP contribution in [0.15, 0.2) is 106 Å². The second kappa shape index (κ2) is 16.1. The molecule has 9 rings (SSSR count). The maximum Gasteiger partial charge on any atom is 0.313 e. The van der Waals surface area contributed by atoms with Gasteiger partial charge in [0.25, 0.3) is 11.3 Å². The third-order valence-corrected chi connectivity index (χ3v) is 8.68. The van der Waals surface area contributed by atoms with E-state index in [9.17, 15) is 14.4 Å². The number of ether oxygens (including phenoxy) is 1. The van der Waals surface area contributed by atoms with Crippen LogP contribution in [-0.4, -0.2) is 68.5 Å². The lowest BCUT2D eigenvalue weighted by Crippen LogP contribution is -2.14. The highest BCUT2D eigenvalue weighted by molar-refractivity contribution is 6.07. The normalized spacial score (nSPS) is 11.4. The number of nitrogens with zero attached hydrogens (tertiary/aromatic N) is 9. The van der Waals surface area contributed by atoms with E-state index in [1.54, 1.807) is 25.1 Å². The van der Waals surface area contributed by atoms with E-state index in [1.165, 1.54) is 10.6 Å². The Hall–Kier alpha value is -7.69. The standard InChI is InChI=1S/C19H14N6O.C11H11N3O3.C9H10N4/c1-11-4-2-3-5-14(11)18-22-19-21-16(9-17(26)25(19)24-18)12-6-7-15-13(8-12)10-20-23-15;1-2-17-11(16)6-10(15)7-3-4-8-9(5-7)13-14-12-8;1-6-4-2-3-5-7(6)8-11-9(10)13-12-8/h2-9H,10H2,1H3,(H,21,22,24);3-5H,2,6H2,1H3,(H,12,13,14);2-5H,1H3,(H3,10,11,12,13). The number of aromatic nitrogens is 10. The molecule has 0 aliphatic carbocycles. The number of carbonyl (C=O) groups is 2. The van der Waals surface area contributed by atoms with E-state index < -0.39 is 5.97 Å². The molecule has 0 atom stereocenters. The van der Waals surface area contributed by atoms with Crippen molar-refractivity contribution in [2.75, 3.05) is 12.3 Å². The Bertz CT molecular complexity index is 2800. The van der Waals surface area contributed by atoms with Crippen molar-refractivity contribution in [1.29, 1.82) is 0 Å². The molecule has 5 N–H and O–H groups in total. The molecule has 1 aliphatic rings. The first-order chi connectivity index (χ1) is 27.2. The van der Waals surface area contributed by atoms with E-state index in [1.807, 2.05) is 80.6 Å². The zero-order valence-corrected chi connectivity index (χ0v) is 30.5. The summed E-state index contributed by atoms with van der Waals surface area (Å²) in [5.74, 6) is 1.16. The summed E-state index contributed by atoms with van der Waals surface area (Å²) in [5, 5.41) is 27.9. The van der Waals surface area contributed by atoms with Gasteiger partial charge in [0.05, 0.1) is 24.5 Å². The first-order valence-corrected chi connectivity index (χ1v) is 17.5. The molecule has 1 aliphatic heterocycles. The molecule has 0 spiro atoms. The highest BCUT2D eigenvalue weighted by Gasteiger charge is 2.16. The Balaban J connectivity index is 0.000000139. The Morgan fingerprint density at radius 2 is 1.55 bits per heavy atom. The van der Waals surface area contributed by atoms with Crippen LogP contribution in [0, 0.1) is 13.8 Å². The van der Waals surface area contributed by atoms with Crippen LogP contribution in [0.1, 0.15) is 40.4 Å². The molecular formula is C39H35N13O4. The predicted molar refractivity (Wildman–Crippen MR) is 208 cm³/mol. The van der Waals surface area contributed by atoms with Gasteiger partial charge in [0.15, 0.2) is 17.4 Å². The van der Waals surface area contributed by atoms with E-state index in [0.29, 0.717) is 40.4 Å². The lowest BCUT2D eigenvalue weighted by Gasteiger charge is -2.02. The number of nitrogens with one attached hydrogen (secondary N) is 3. The number of aryl methyl sites for hydroxylation is 2. The molecule has 4 aromatic carbocycles. The number of nitrogen functional groups attached to an aromatic ring is 1. The maximum absolute atomic E-state index is 12.6. The zero-order chi connectivity index (χ0) is 39.2. The molecule has 0 unspecified atom stereocenters. The number of hydrogen-bond donors (Lipinski definition) is 4. The van der Waals surface area contributed by atoms with Gasteiger partial charge in [-0.3, -0.25) is 24.6 Å². The summed E-state index contributed by atoms with van der Waals surface area (Å²) in [6.07, 6.45) is -0.253. The first kappa shape index (κ1) is 36.7. The Labute approximate surface area is 318 Å². The van der Waals surface area contributed by atoms with E-state index in [-0.39, 0.29) is 30.3 Å². The van der Waals surface area contributed by atoms with Crippen LogP contribution in [0.2, 0.25) is 0 Å². The Morgan fingerprint density at radius 1 is 0.821 bits per heavy atom. The van der Waals surface area contributed by atoms with Gasteiger partial charge in [-0.15, -0.1) is 5.10 Å². The summed E-state index contributed by atoms with van der Waals surface area (Å²) >= 11 is 0. The molecule has 56 heavy (non-hydrogen) atoms. The van der Waals surface area contributed by atoms with Crippen molar-refractivity contribution in [3.05, 3.63) is 124 Å². The molecule has 0 amide bonds. The molecule has 8 aromatic rings. The van der Waals surface area contributed by atoms with Crippen LogP contribution in [-0.2, 0) is 16.1 Å². The van der Waals surface area contributed by atoms with Gasteiger partial charge in [-0.2, -0.15) is 40.1 Å². The monoisotopic (exact) mass is 749 g/mol. The number of nitrogens with two attached hydrogens (primary N) is 1.